The summed E-state index contributed by atoms with van der Waals surface area (Å²) in [6, 6.07) is 6.35. The Morgan fingerprint density at radius 2 is 2.00 bits per heavy atom. The van der Waals surface area contributed by atoms with Crippen molar-refractivity contribution >= 4 is 17.5 Å². The van der Waals surface area contributed by atoms with Gasteiger partial charge in [0.1, 0.15) is 0 Å². The monoisotopic (exact) mass is 259 g/mol. The molecule has 0 saturated heterocycles. The van der Waals surface area contributed by atoms with E-state index in [9.17, 15) is 9.59 Å². The number of nitrogens with one attached hydrogen (secondary N) is 2. The minimum Gasteiger partial charge on any atom is -0.399 e. The summed E-state index contributed by atoms with van der Waals surface area (Å²) in [5, 5.41) is 5.20. The number of amides is 2. The van der Waals surface area contributed by atoms with Crippen molar-refractivity contribution in [2.75, 3.05) is 12.3 Å². The molecule has 1 unspecified atom stereocenters. The zero-order valence-corrected chi connectivity index (χ0v) is 10.8. The lowest BCUT2D eigenvalue weighted by Crippen LogP contribution is -2.40. The van der Waals surface area contributed by atoms with Crippen molar-refractivity contribution in [3.63, 3.8) is 0 Å². The summed E-state index contributed by atoms with van der Waals surface area (Å²) in [5.41, 5.74) is 6.56. The fourth-order valence-corrected chi connectivity index (χ4v) is 1.45. The van der Waals surface area contributed by atoms with Crippen LogP contribution < -0.4 is 16.4 Å². The molecule has 0 aliphatic rings. The highest BCUT2D eigenvalue weighted by Gasteiger charge is 2.09. The zero-order valence-electron chi connectivity index (χ0n) is 10.8. The number of rotatable bonds is 5. The number of terminal acetylenes is 1. The van der Waals surface area contributed by atoms with Gasteiger partial charge in [0.2, 0.25) is 5.91 Å². The van der Waals surface area contributed by atoms with Gasteiger partial charge in [-0.15, -0.1) is 12.3 Å². The van der Waals surface area contributed by atoms with Crippen molar-refractivity contribution < 1.29 is 9.59 Å². The molecule has 1 atom stereocenters. The fourth-order valence-electron chi connectivity index (χ4n) is 1.45. The molecule has 0 radical (unpaired) electrons. The molecule has 0 saturated carbocycles. The first-order valence-electron chi connectivity index (χ1n) is 5.89. The van der Waals surface area contributed by atoms with E-state index < -0.39 is 0 Å². The Morgan fingerprint density at radius 1 is 1.37 bits per heavy atom. The standard InChI is InChI=1S/C14H17N3O2/c1-3-4-10(2)17-13(18)9-16-14(19)11-5-7-12(15)8-6-11/h1,5-8,10H,4,9,15H2,2H3,(H,16,19)(H,17,18). The maximum atomic E-state index is 11.7. The number of carbonyl (C=O) groups excluding carboxylic acids is 2. The SMILES string of the molecule is C#CCC(C)NC(=O)CNC(=O)c1ccc(N)cc1. The molecule has 5 heteroatoms. The van der Waals surface area contributed by atoms with Crippen LogP contribution in [0.15, 0.2) is 24.3 Å². The minimum atomic E-state index is -0.320. The second kappa shape index (κ2) is 7.07. The number of benzene rings is 1. The van der Waals surface area contributed by atoms with Crippen LogP contribution in [0.2, 0.25) is 0 Å². The first-order chi connectivity index (χ1) is 9.02. The van der Waals surface area contributed by atoms with Gasteiger partial charge in [0.25, 0.3) is 5.91 Å². The molecule has 0 aliphatic carbocycles. The highest BCUT2D eigenvalue weighted by molar-refractivity contribution is 5.96. The first kappa shape index (κ1) is 14.6. The number of carbonyl (C=O) groups is 2. The maximum Gasteiger partial charge on any atom is 0.251 e. The molecule has 0 bridgehead atoms. The fraction of sp³-hybridized carbons (Fsp3) is 0.286. The Kier molecular flexibility index (Phi) is 5.42. The molecule has 1 aromatic carbocycles. The summed E-state index contributed by atoms with van der Waals surface area (Å²) in [4.78, 5) is 23.2. The van der Waals surface area contributed by atoms with Crippen molar-refractivity contribution in [3.05, 3.63) is 29.8 Å². The molecule has 4 N–H and O–H groups in total. The molecule has 1 rings (SSSR count). The van der Waals surface area contributed by atoms with Gasteiger partial charge in [0.15, 0.2) is 0 Å². The molecule has 0 heterocycles. The number of nitrogens with two attached hydrogens (primary N) is 1. The van der Waals surface area contributed by atoms with Crippen LogP contribution in [-0.4, -0.2) is 24.4 Å². The van der Waals surface area contributed by atoms with E-state index in [1.807, 2.05) is 0 Å². The summed E-state index contributed by atoms with van der Waals surface area (Å²) < 4.78 is 0. The van der Waals surface area contributed by atoms with Gasteiger partial charge in [-0.25, -0.2) is 0 Å². The highest BCUT2D eigenvalue weighted by Crippen LogP contribution is 2.04. The molecule has 100 valence electrons. The molecule has 0 fully saturated rings. The van der Waals surface area contributed by atoms with Crippen LogP contribution in [-0.2, 0) is 4.79 Å². The Hall–Kier alpha value is -2.48. The first-order valence-corrected chi connectivity index (χ1v) is 5.89. The van der Waals surface area contributed by atoms with E-state index in [-0.39, 0.29) is 24.4 Å². The average Bonchev–Trinajstić information content (AvgIpc) is 2.37. The summed E-state index contributed by atoms with van der Waals surface area (Å²) in [7, 11) is 0. The minimum absolute atomic E-state index is 0.0852. The topological polar surface area (TPSA) is 84.2 Å². The van der Waals surface area contributed by atoms with E-state index in [4.69, 9.17) is 12.2 Å². The third-order valence-corrected chi connectivity index (χ3v) is 2.41. The van der Waals surface area contributed by atoms with Crippen LogP contribution in [0.4, 0.5) is 5.69 Å². The van der Waals surface area contributed by atoms with E-state index in [1.54, 1.807) is 31.2 Å². The Bertz CT molecular complexity index is 488. The molecule has 0 aromatic heterocycles. The van der Waals surface area contributed by atoms with Gasteiger partial charge in [-0.3, -0.25) is 9.59 Å². The molecule has 5 nitrogen and oxygen atoms in total. The van der Waals surface area contributed by atoms with E-state index in [1.165, 1.54) is 0 Å². The summed E-state index contributed by atoms with van der Waals surface area (Å²) in [5.74, 6) is 1.86. The van der Waals surface area contributed by atoms with E-state index in [2.05, 4.69) is 16.6 Å². The highest BCUT2D eigenvalue weighted by atomic mass is 16.2. The quantitative estimate of drug-likeness (QED) is 0.532. The number of nitrogen functional groups attached to an aromatic ring is 1. The van der Waals surface area contributed by atoms with Crippen LogP contribution in [0.3, 0.4) is 0 Å². The van der Waals surface area contributed by atoms with E-state index >= 15 is 0 Å². The van der Waals surface area contributed by atoms with Gasteiger partial charge in [-0.1, -0.05) is 0 Å². The predicted molar refractivity (Wildman–Crippen MR) is 74.2 cm³/mol. The molecule has 0 aliphatic heterocycles. The van der Waals surface area contributed by atoms with Crippen molar-refractivity contribution in [2.45, 2.75) is 19.4 Å². The van der Waals surface area contributed by atoms with Crippen molar-refractivity contribution in [3.8, 4) is 12.3 Å². The number of hydrogen-bond acceptors (Lipinski definition) is 3. The van der Waals surface area contributed by atoms with Gasteiger partial charge >= 0.3 is 0 Å². The summed E-state index contributed by atoms with van der Waals surface area (Å²) >= 11 is 0. The summed E-state index contributed by atoms with van der Waals surface area (Å²) in [6.07, 6.45) is 5.59. The van der Waals surface area contributed by atoms with E-state index in [0.717, 1.165) is 0 Å². The third-order valence-electron chi connectivity index (χ3n) is 2.41. The lowest BCUT2D eigenvalue weighted by atomic mass is 10.2. The molecule has 2 amide bonds. The van der Waals surface area contributed by atoms with Gasteiger partial charge in [-0.2, -0.15) is 0 Å². The van der Waals surface area contributed by atoms with Crippen LogP contribution >= 0.6 is 0 Å². The second-order valence-electron chi connectivity index (χ2n) is 4.18. The largest absolute Gasteiger partial charge is 0.399 e. The molecular weight excluding hydrogens is 242 g/mol. The van der Waals surface area contributed by atoms with E-state index in [0.29, 0.717) is 17.7 Å². The predicted octanol–water partition coefficient (Wildman–Crippen LogP) is 0.527. The van der Waals surface area contributed by atoms with Gasteiger partial charge in [-0.05, 0) is 31.2 Å². The van der Waals surface area contributed by atoms with Crippen LogP contribution in [0.1, 0.15) is 23.7 Å². The lowest BCUT2D eigenvalue weighted by Gasteiger charge is -2.11. The number of hydrogen-bond donors (Lipinski definition) is 3. The Labute approximate surface area is 112 Å². The molecular formula is C14H17N3O2. The van der Waals surface area contributed by atoms with Crippen LogP contribution in [0.25, 0.3) is 0 Å². The smallest absolute Gasteiger partial charge is 0.251 e. The van der Waals surface area contributed by atoms with Crippen LogP contribution in [0, 0.1) is 12.3 Å². The third kappa shape index (κ3) is 5.13. The average molecular weight is 259 g/mol. The van der Waals surface area contributed by atoms with Crippen molar-refractivity contribution in [1.82, 2.24) is 10.6 Å². The normalized spacial score (nSPS) is 11.2. The molecule has 0 spiro atoms. The molecule has 19 heavy (non-hydrogen) atoms. The van der Waals surface area contributed by atoms with Gasteiger partial charge in [0.05, 0.1) is 6.54 Å². The Morgan fingerprint density at radius 3 is 2.58 bits per heavy atom. The second-order valence-corrected chi connectivity index (χ2v) is 4.18. The van der Waals surface area contributed by atoms with Gasteiger partial charge in [0, 0.05) is 23.7 Å². The Balaban J connectivity index is 2.40. The zero-order chi connectivity index (χ0) is 14.3. The van der Waals surface area contributed by atoms with Crippen molar-refractivity contribution in [1.29, 1.82) is 0 Å². The van der Waals surface area contributed by atoms with Crippen LogP contribution in [0.5, 0.6) is 0 Å². The summed E-state index contributed by atoms with van der Waals surface area (Å²) in [6.45, 7) is 1.72. The lowest BCUT2D eigenvalue weighted by molar-refractivity contribution is -0.120. The van der Waals surface area contributed by atoms with Crippen molar-refractivity contribution in [2.24, 2.45) is 0 Å². The maximum absolute atomic E-state index is 11.7. The van der Waals surface area contributed by atoms with Gasteiger partial charge < -0.3 is 16.4 Å². The molecule has 1 aromatic rings. The number of anilines is 1.